The van der Waals surface area contributed by atoms with Crippen LogP contribution in [0.1, 0.15) is 278 Å². The minimum absolute atomic E-state index is 0.0674. The van der Waals surface area contributed by atoms with Gasteiger partial charge in [-0.25, -0.2) is 0 Å². The number of unbranched alkanes of at least 4 members (excludes halogenated alkanes) is 33. The van der Waals surface area contributed by atoms with E-state index in [1.54, 1.807) is 0 Å². The van der Waals surface area contributed by atoms with Crippen molar-refractivity contribution < 1.29 is 28.6 Å². The molecule has 1 unspecified atom stereocenters. The Kier molecular flexibility index (Phi) is 45.3. The maximum atomic E-state index is 12.7. The largest absolute Gasteiger partial charge is 0.462 e. The monoisotopic (exact) mass is 805 g/mol. The van der Waals surface area contributed by atoms with Gasteiger partial charge in [-0.3, -0.25) is 14.4 Å². The first-order valence-electron chi connectivity index (χ1n) is 25.2. The smallest absolute Gasteiger partial charge is 0.306 e. The molecule has 6 nitrogen and oxygen atoms in total. The van der Waals surface area contributed by atoms with Gasteiger partial charge >= 0.3 is 17.9 Å². The Balaban J connectivity index is 4.22. The van der Waals surface area contributed by atoms with E-state index in [0.717, 1.165) is 57.8 Å². The van der Waals surface area contributed by atoms with Gasteiger partial charge in [0.25, 0.3) is 0 Å². The molecule has 0 saturated carbocycles. The van der Waals surface area contributed by atoms with E-state index in [4.69, 9.17) is 14.2 Å². The zero-order valence-corrected chi connectivity index (χ0v) is 38.4. The summed E-state index contributed by atoms with van der Waals surface area (Å²) in [7, 11) is 0. The van der Waals surface area contributed by atoms with Crippen molar-refractivity contribution in [3.05, 3.63) is 12.2 Å². The summed E-state index contributed by atoms with van der Waals surface area (Å²) in [4.78, 5) is 37.7. The van der Waals surface area contributed by atoms with Crippen molar-refractivity contribution in [1.82, 2.24) is 0 Å². The Morgan fingerprint density at radius 3 is 0.877 bits per heavy atom. The number of allylic oxidation sites excluding steroid dienone is 2. The Hall–Kier alpha value is -1.85. The van der Waals surface area contributed by atoms with Crippen molar-refractivity contribution in [3.8, 4) is 0 Å². The normalized spacial score (nSPS) is 12.0. The van der Waals surface area contributed by atoms with E-state index in [1.807, 2.05) is 0 Å². The lowest BCUT2D eigenvalue weighted by Crippen LogP contribution is -2.30. The molecule has 0 aliphatic carbocycles. The van der Waals surface area contributed by atoms with Crippen molar-refractivity contribution in [1.29, 1.82) is 0 Å². The van der Waals surface area contributed by atoms with E-state index in [2.05, 4.69) is 32.9 Å². The summed E-state index contributed by atoms with van der Waals surface area (Å²) >= 11 is 0. The molecule has 57 heavy (non-hydrogen) atoms. The van der Waals surface area contributed by atoms with Crippen molar-refractivity contribution in [3.63, 3.8) is 0 Å². The number of hydrogen-bond acceptors (Lipinski definition) is 6. The quantitative estimate of drug-likeness (QED) is 0.0264. The van der Waals surface area contributed by atoms with E-state index < -0.39 is 6.10 Å². The fourth-order valence-electron chi connectivity index (χ4n) is 7.44. The van der Waals surface area contributed by atoms with Gasteiger partial charge in [-0.05, 0) is 44.9 Å². The van der Waals surface area contributed by atoms with Crippen molar-refractivity contribution in [2.75, 3.05) is 13.2 Å². The highest BCUT2D eigenvalue weighted by atomic mass is 16.6. The fraction of sp³-hybridized carbons (Fsp3) is 0.902. The van der Waals surface area contributed by atoms with E-state index in [9.17, 15) is 14.4 Å². The van der Waals surface area contributed by atoms with Crippen LogP contribution in [0.5, 0.6) is 0 Å². The van der Waals surface area contributed by atoms with E-state index in [-0.39, 0.29) is 31.1 Å². The average Bonchev–Trinajstić information content (AvgIpc) is 3.21. The number of carbonyl (C=O) groups excluding carboxylic acids is 3. The summed E-state index contributed by atoms with van der Waals surface area (Å²) in [6.45, 7) is 6.62. The molecule has 6 heteroatoms. The lowest BCUT2D eigenvalue weighted by Gasteiger charge is -2.18. The number of esters is 3. The van der Waals surface area contributed by atoms with Crippen LogP contribution in [-0.2, 0) is 28.6 Å². The predicted molar refractivity (Wildman–Crippen MR) is 243 cm³/mol. The number of hydrogen-bond donors (Lipinski definition) is 0. The number of ether oxygens (including phenoxy) is 3. The van der Waals surface area contributed by atoms with Crippen LogP contribution in [0.3, 0.4) is 0 Å². The summed E-state index contributed by atoms with van der Waals surface area (Å²) in [6, 6.07) is 0. The van der Waals surface area contributed by atoms with Gasteiger partial charge < -0.3 is 14.2 Å². The van der Waals surface area contributed by atoms with Crippen LogP contribution in [0.4, 0.5) is 0 Å². The molecule has 336 valence electrons. The minimum atomic E-state index is -0.763. The Morgan fingerprint density at radius 2 is 0.579 bits per heavy atom. The molecule has 0 aromatic rings. The first-order valence-corrected chi connectivity index (χ1v) is 25.2. The lowest BCUT2D eigenvalue weighted by molar-refractivity contribution is -0.167. The summed E-state index contributed by atoms with van der Waals surface area (Å²) < 4.78 is 16.7. The van der Waals surface area contributed by atoms with Crippen LogP contribution in [-0.4, -0.2) is 37.2 Å². The van der Waals surface area contributed by atoms with Crippen LogP contribution in [0, 0.1) is 0 Å². The Morgan fingerprint density at radius 1 is 0.333 bits per heavy atom. The molecule has 0 bridgehead atoms. The third-order valence-corrected chi connectivity index (χ3v) is 11.3. The topological polar surface area (TPSA) is 78.9 Å². The van der Waals surface area contributed by atoms with E-state index in [0.29, 0.717) is 19.3 Å². The van der Waals surface area contributed by atoms with Crippen LogP contribution in [0.15, 0.2) is 12.2 Å². The maximum Gasteiger partial charge on any atom is 0.306 e. The molecule has 0 aliphatic heterocycles. The first kappa shape index (κ1) is 55.2. The molecule has 0 radical (unpaired) electrons. The van der Waals surface area contributed by atoms with Gasteiger partial charge in [0.05, 0.1) is 0 Å². The van der Waals surface area contributed by atoms with Gasteiger partial charge in [0.1, 0.15) is 13.2 Å². The molecule has 0 aromatic carbocycles. The predicted octanol–water partition coefficient (Wildman–Crippen LogP) is 16.2. The van der Waals surface area contributed by atoms with Crippen LogP contribution in [0.25, 0.3) is 0 Å². The molecule has 0 amide bonds. The second-order valence-electron chi connectivity index (χ2n) is 17.1. The highest BCUT2D eigenvalue weighted by molar-refractivity contribution is 5.71. The molecular formula is C51H96O6. The first-order chi connectivity index (χ1) is 28.0. The lowest BCUT2D eigenvalue weighted by atomic mass is 10.0. The van der Waals surface area contributed by atoms with Crippen LogP contribution >= 0.6 is 0 Å². The number of carbonyl (C=O) groups is 3. The van der Waals surface area contributed by atoms with Gasteiger partial charge in [0, 0.05) is 19.3 Å². The maximum absolute atomic E-state index is 12.7. The standard InChI is InChI=1S/C51H96O6/c1-4-7-10-13-16-18-20-22-24-25-26-27-29-30-32-35-38-41-44-50(53)56-47-48(46-55-49(52)43-40-37-34-15-12-9-6-3)57-51(54)45-42-39-36-33-31-28-23-21-19-17-14-11-8-5-2/h24-25,48H,4-23,26-47H2,1-3H3/b25-24-. The second-order valence-corrected chi connectivity index (χ2v) is 17.1. The average molecular weight is 805 g/mol. The third kappa shape index (κ3) is 45.1. The highest BCUT2D eigenvalue weighted by Gasteiger charge is 2.19. The molecule has 0 aromatic heterocycles. The number of rotatable bonds is 46. The molecule has 1 atom stereocenters. The van der Waals surface area contributed by atoms with Gasteiger partial charge in [0.2, 0.25) is 0 Å². The SMILES string of the molecule is CCCCCCCCC/C=C\CCCCCCCCCC(=O)OCC(COC(=O)CCCCCCCCC)OC(=O)CCCCCCCCCCCCCCCC. The second kappa shape index (κ2) is 46.8. The molecule has 0 aliphatic rings. The molecule has 0 spiro atoms. The molecule has 0 rings (SSSR count). The molecular weight excluding hydrogens is 709 g/mol. The van der Waals surface area contributed by atoms with Crippen LogP contribution in [0.2, 0.25) is 0 Å². The summed E-state index contributed by atoms with van der Waals surface area (Å²) in [6.07, 6.45) is 50.6. The fourth-order valence-corrected chi connectivity index (χ4v) is 7.44. The van der Waals surface area contributed by atoms with Gasteiger partial charge in [0.15, 0.2) is 6.10 Å². The Labute approximate surface area is 354 Å². The molecule has 0 heterocycles. The minimum Gasteiger partial charge on any atom is -0.462 e. The Bertz CT molecular complexity index is 885. The van der Waals surface area contributed by atoms with Gasteiger partial charge in [-0.15, -0.1) is 0 Å². The van der Waals surface area contributed by atoms with Crippen molar-refractivity contribution in [2.24, 2.45) is 0 Å². The zero-order chi connectivity index (χ0) is 41.5. The van der Waals surface area contributed by atoms with Gasteiger partial charge in [-0.2, -0.15) is 0 Å². The van der Waals surface area contributed by atoms with E-state index >= 15 is 0 Å². The third-order valence-electron chi connectivity index (χ3n) is 11.3. The highest BCUT2D eigenvalue weighted by Crippen LogP contribution is 2.16. The molecule has 0 fully saturated rings. The summed E-state index contributed by atoms with van der Waals surface area (Å²) in [5.74, 6) is -0.864. The summed E-state index contributed by atoms with van der Waals surface area (Å²) in [5, 5.41) is 0. The zero-order valence-electron chi connectivity index (χ0n) is 38.4. The van der Waals surface area contributed by atoms with E-state index in [1.165, 1.54) is 180 Å². The van der Waals surface area contributed by atoms with Crippen LogP contribution < -0.4 is 0 Å². The molecule has 0 N–H and O–H groups in total. The molecule has 0 saturated heterocycles. The summed E-state index contributed by atoms with van der Waals surface area (Å²) in [5.41, 5.74) is 0. The van der Waals surface area contributed by atoms with Crippen molar-refractivity contribution in [2.45, 2.75) is 284 Å². The van der Waals surface area contributed by atoms with Crippen molar-refractivity contribution >= 4 is 17.9 Å². The van der Waals surface area contributed by atoms with Gasteiger partial charge in [-0.1, -0.05) is 226 Å².